The summed E-state index contributed by atoms with van der Waals surface area (Å²) in [6.07, 6.45) is 1.57. The van der Waals surface area contributed by atoms with Crippen molar-refractivity contribution in [1.82, 2.24) is 19.8 Å². The molecule has 3 N–H and O–H groups in total. The third kappa shape index (κ3) is 4.96. The van der Waals surface area contributed by atoms with E-state index in [0.717, 1.165) is 51.6 Å². The smallest absolute Gasteiger partial charge is 0.369 e. The van der Waals surface area contributed by atoms with Crippen LogP contribution >= 0.6 is 0 Å². The summed E-state index contributed by atoms with van der Waals surface area (Å²) in [5.41, 5.74) is -0.776. The Morgan fingerprint density at radius 2 is 1.84 bits per heavy atom. The van der Waals surface area contributed by atoms with Gasteiger partial charge in [0.2, 0.25) is 5.95 Å². The van der Waals surface area contributed by atoms with E-state index in [9.17, 15) is 17.4 Å². The van der Waals surface area contributed by atoms with Gasteiger partial charge in [-0.15, -0.1) is 0 Å². The Morgan fingerprint density at radius 1 is 1.19 bits per heavy atom. The van der Waals surface area contributed by atoms with E-state index in [1.165, 1.54) is 6.26 Å². The van der Waals surface area contributed by atoms with Crippen molar-refractivity contribution in [2.75, 3.05) is 62.4 Å². The molecular weight excluding hydrogens is 443 g/mol. The normalized spacial score (nSPS) is 30.2. The number of likely N-dealkylation sites (N-methyl/N-ethyl adjacent to an activating group) is 1. The lowest BCUT2D eigenvalue weighted by molar-refractivity contribution is -0.160. The van der Waals surface area contributed by atoms with E-state index in [-0.39, 0.29) is 35.1 Å². The van der Waals surface area contributed by atoms with Crippen molar-refractivity contribution < 1.29 is 17.4 Å². The summed E-state index contributed by atoms with van der Waals surface area (Å²) < 4.78 is 59.0. The first kappa shape index (κ1) is 23.5. The fraction of sp³-hybridized carbons (Fsp3) is 0.800. The molecule has 1 atom stereocenters. The summed E-state index contributed by atoms with van der Waals surface area (Å²) in [4.78, 5) is 13.0. The van der Waals surface area contributed by atoms with Crippen molar-refractivity contribution in [2.45, 2.75) is 49.4 Å². The van der Waals surface area contributed by atoms with Gasteiger partial charge in [-0.3, -0.25) is 13.9 Å². The Hall–Kier alpha value is -1.66. The maximum absolute atomic E-state index is 13.4. The minimum absolute atomic E-state index is 0.115. The van der Waals surface area contributed by atoms with Crippen LogP contribution in [0, 0.1) is 4.78 Å². The topological polar surface area (TPSA) is 97.2 Å². The fourth-order valence-electron chi connectivity index (χ4n) is 5.21. The van der Waals surface area contributed by atoms with Gasteiger partial charge in [-0.2, -0.15) is 18.2 Å². The molecule has 0 amide bonds. The first-order chi connectivity index (χ1) is 14.9. The summed E-state index contributed by atoms with van der Waals surface area (Å²) in [6.45, 7) is 4.51. The van der Waals surface area contributed by atoms with Gasteiger partial charge in [0, 0.05) is 71.7 Å². The molecule has 0 radical (unpaired) electrons. The molecule has 1 unspecified atom stereocenters. The second-order valence-electron chi connectivity index (χ2n) is 9.75. The zero-order valence-electron chi connectivity index (χ0n) is 18.6. The number of nitrogens with one attached hydrogen (secondary N) is 3. The summed E-state index contributed by atoms with van der Waals surface area (Å²) in [5.74, 6) is 0.211. The maximum Gasteiger partial charge on any atom is 0.421 e. The van der Waals surface area contributed by atoms with Crippen molar-refractivity contribution in [2.24, 2.45) is 0 Å². The summed E-state index contributed by atoms with van der Waals surface area (Å²) in [7, 11) is -0.453. The second kappa shape index (κ2) is 8.28. The highest BCUT2D eigenvalue weighted by Gasteiger charge is 2.70. The molecule has 1 aliphatic heterocycles. The monoisotopic (exact) mass is 475 g/mol. The molecule has 1 aromatic rings. The van der Waals surface area contributed by atoms with E-state index < -0.39 is 21.5 Å². The molecule has 1 aromatic heterocycles. The Kier molecular flexibility index (Phi) is 6.08. The Bertz CT molecular complexity index is 925. The lowest BCUT2D eigenvalue weighted by atomic mass is 9.43. The molecule has 2 heterocycles. The number of rotatable bonds is 9. The van der Waals surface area contributed by atoms with Crippen molar-refractivity contribution in [3.8, 4) is 0 Å². The highest BCUT2D eigenvalue weighted by Crippen LogP contribution is 2.64. The lowest BCUT2D eigenvalue weighted by Crippen LogP contribution is -2.82. The fourth-order valence-corrected chi connectivity index (χ4v) is 5.97. The van der Waals surface area contributed by atoms with Crippen LogP contribution in [-0.4, -0.2) is 86.8 Å². The van der Waals surface area contributed by atoms with Crippen LogP contribution < -0.4 is 10.6 Å². The van der Waals surface area contributed by atoms with Gasteiger partial charge in [0.05, 0.1) is 0 Å². The van der Waals surface area contributed by atoms with Crippen LogP contribution in [0.5, 0.6) is 0 Å². The number of piperazine rings is 1. The zero-order chi connectivity index (χ0) is 23.2. The standard InChI is InChI=1S/C20H32F3N7OS/c1-29-6-8-30(9-7-29)19-12-18(13-19,14-19)28-17-26-11-15(20(21,22)23)16(27-17)25-5-3-4-10-32(2,24)31/h11,24H,3-10,12-14H2,1-2H3,(H2,25,26,27,28). The van der Waals surface area contributed by atoms with Gasteiger partial charge >= 0.3 is 6.18 Å². The SMILES string of the molecule is CN1CCN(C23CC(Nc4ncc(C(F)(F)F)c(NCCCCS(C)(=N)=O)n4)(C2)C3)CC1. The Balaban J connectivity index is 1.35. The van der Waals surface area contributed by atoms with Crippen LogP contribution in [-0.2, 0) is 15.9 Å². The average molecular weight is 476 g/mol. The van der Waals surface area contributed by atoms with Crippen molar-refractivity contribution in [3.63, 3.8) is 0 Å². The predicted molar refractivity (Wildman–Crippen MR) is 118 cm³/mol. The first-order valence-electron chi connectivity index (χ1n) is 11.0. The molecule has 4 aliphatic rings. The lowest BCUT2D eigenvalue weighted by Gasteiger charge is -2.74. The number of alkyl halides is 3. The molecule has 0 spiro atoms. The van der Waals surface area contributed by atoms with E-state index in [1.807, 2.05) is 0 Å². The van der Waals surface area contributed by atoms with Crippen LogP contribution in [0.15, 0.2) is 6.20 Å². The van der Waals surface area contributed by atoms with Crippen LogP contribution in [0.4, 0.5) is 24.9 Å². The molecular formula is C20H32F3N7OS. The molecule has 4 fully saturated rings. The molecule has 3 saturated carbocycles. The third-order valence-electron chi connectivity index (χ3n) is 6.90. The van der Waals surface area contributed by atoms with Gasteiger partial charge in [-0.25, -0.2) is 4.98 Å². The number of halogens is 3. The van der Waals surface area contributed by atoms with Crippen LogP contribution in [0.3, 0.4) is 0 Å². The van der Waals surface area contributed by atoms with Crippen LogP contribution in [0.1, 0.15) is 37.7 Å². The molecule has 12 heteroatoms. The Labute approximate surface area is 187 Å². The molecule has 3 aliphatic carbocycles. The van der Waals surface area contributed by atoms with E-state index in [4.69, 9.17) is 4.78 Å². The number of nitrogens with zero attached hydrogens (tertiary/aromatic N) is 4. The van der Waals surface area contributed by atoms with Gasteiger partial charge in [0.1, 0.15) is 11.4 Å². The van der Waals surface area contributed by atoms with Crippen LogP contribution in [0.25, 0.3) is 0 Å². The van der Waals surface area contributed by atoms with Gasteiger partial charge in [0.25, 0.3) is 0 Å². The third-order valence-corrected chi connectivity index (χ3v) is 7.97. The molecule has 180 valence electrons. The highest BCUT2D eigenvalue weighted by atomic mass is 32.2. The van der Waals surface area contributed by atoms with Gasteiger partial charge in [0.15, 0.2) is 0 Å². The molecule has 2 bridgehead atoms. The number of aromatic nitrogens is 2. The van der Waals surface area contributed by atoms with Crippen molar-refractivity contribution in [1.29, 1.82) is 4.78 Å². The summed E-state index contributed by atoms with van der Waals surface area (Å²) >= 11 is 0. The van der Waals surface area contributed by atoms with E-state index in [2.05, 4.69) is 37.4 Å². The number of hydrogen-bond acceptors (Lipinski definition) is 8. The van der Waals surface area contributed by atoms with Gasteiger partial charge in [-0.05, 0) is 39.2 Å². The van der Waals surface area contributed by atoms with Gasteiger partial charge < -0.3 is 15.5 Å². The maximum atomic E-state index is 13.4. The second-order valence-corrected chi connectivity index (χ2v) is 12.2. The molecule has 5 rings (SSSR count). The molecule has 32 heavy (non-hydrogen) atoms. The summed E-state index contributed by atoms with van der Waals surface area (Å²) in [6, 6.07) is 0. The predicted octanol–water partition coefficient (Wildman–Crippen LogP) is 2.70. The molecule has 8 nitrogen and oxygen atoms in total. The number of anilines is 2. The van der Waals surface area contributed by atoms with Crippen LogP contribution in [0.2, 0.25) is 0 Å². The molecule has 0 aromatic carbocycles. The van der Waals surface area contributed by atoms with Crippen molar-refractivity contribution >= 4 is 21.5 Å². The van der Waals surface area contributed by atoms with E-state index in [1.54, 1.807) is 0 Å². The zero-order valence-corrected chi connectivity index (χ0v) is 19.4. The molecule has 1 saturated heterocycles. The number of unbranched alkanes of at least 4 members (excludes halogenated alkanes) is 1. The van der Waals surface area contributed by atoms with E-state index >= 15 is 0 Å². The minimum Gasteiger partial charge on any atom is -0.369 e. The van der Waals surface area contributed by atoms with Gasteiger partial charge in [-0.1, -0.05) is 0 Å². The average Bonchev–Trinajstić information content (AvgIpc) is 2.62. The van der Waals surface area contributed by atoms with Crippen molar-refractivity contribution in [3.05, 3.63) is 11.8 Å². The quantitative estimate of drug-likeness (QED) is 0.473. The highest BCUT2D eigenvalue weighted by molar-refractivity contribution is 7.91. The summed E-state index contributed by atoms with van der Waals surface area (Å²) in [5, 5.41) is 6.07. The first-order valence-corrected chi connectivity index (χ1v) is 13.1. The number of hydrogen-bond donors (Lipinski definition) is 3. The minimum atomic E-state index is -4.55. The Morgan fingerprint density at radius 3 is 2.44 bits per heavy atom. The van der Waals surface area contributed by atoms with E-state index in [0.29, 0.717) is 12.8 Å². The largest absolute Gasteiger partial charge is 0.421 e.